The Bertz CT molecular complexity index is 835. The summed E-state index contributed by atoms with van der Waals surface area (Å²) in [5, 5.41) is 3.92. The maximum atomic E-state index is 12.8. The lowest BCUT2D eigenvalue weighted by molar-refractivity contribution is -0.127. The van der Waals surface area contributed by atoms with Gasteiger partial charge in [0.05, 0.1) is 20.3 Å². The SMILES string of the molecule is COc1ccc(OC)c([C@@H](C)NC(=O)C2CCN(Cc3cccc(Cl)c3)CC2)c1. The van der Waals surface area contributed by atoms with Gasteiger partial charge >= 0.3 is 0 Å². The number of halogens is 1. The third-order valence-corrected chi connectivity index (χ3v) is 5.75. The second-order valence-electron chi connectivity index (χ2n) is 7.52. The first-order valence-electron chi connectivity index (χ1n) is 9.99. The van der Waals surface area contributed by atoms with Gasteiger partial charge in [0.2, 0.25) is 5.91 Å². The molecule has 5 nitrogen and oxygen atoms in total. The van der Waals surface area contributed by atoms with Gasteiger partial charge in [-0.1, -0.05) is 23.7 Å². The summed E-state index contributed by atoms with van der Waals surface area (Å²) >= 11 is 6.08. The van der Waals surface area contributed by atoms with E-state index in [9.17, 15) is 4.79 Å². The van der Waals surface area contributed by atoms with Crippen molar-refractivity contribution in [3.05, 3.63) is 58.6 Å². The standard InChI is InChI=1S/C23H29ClN2O3/c1-16(21-14-20(28-2)7-8-22(21)29-3)25-23(27)18-9-11-26(12-10-18)15-17-5-4-6-19(24)13-17/h4-8,13-14,16,18H,9-12,15H2,1-3H3,(H,25,27)/t16-/m1/s1. The highest BCUT2D eigenvalue weighted by molar-refractivity contribution is 6.30. The van der Waals surface area contributed by atoms with Crippen LogP contribution in [-0.2, 0) is 11.3 Å². The van der Waals surface area contributed by atoms with Crippen molar-refractivity contribution < 1.29 is 14.3 Å². The number of benzene rings is 2. The summed E-state index contributed by atoms with van der Waals surface area (Å²) in [6, 6.07) is 13.4. The third-order valence-electron chi connectivity index (χ3n) is 5.52. The van der Waals surface area contributed by atoms with Crippen molar-refractivity contribution in [1.82, 2.24) is 10.2 Å². The summed E-state index contributed by atoms with van der Waals surface area (Å²) in [5.74, 6) is 1.63. The van der Waals surface area contributed by atoms with E-state index in [0.717, 1.165) is 54.6 Å². The number of likely N-dealkylation sites (tertiary alicyclic amines) is 1. The van der Waals surface area contributed by atoms with Crippen molar-refractivity contribution in [3.63, 3.8) is 0 Å². The fourth-order valence-corrected chi connectivity index (χ4v) is 4.05. The zero-order chi connectivity index (χ0) is 20.8. The van der Waals surface area contributed by atoms with E-state index in [1.807, 2.05) is 43.3 Å². The van der Waals surface area contributed by atoms with Gasteiger partial charge < -0.3 is 14.8 Å². The fraction of sp³-hybridized carbons (Fsp3) is 0.435. The van der Waals surface area contributed by atoms with Crippen LogP contribution in [0.2, 0.25) is 5.02 Å². The van der Waals surface area contributed by atoms with Gasteiger partial charge in [-0.25, -0.2) is 0 Å². The fourth-order valence-electron chi connectivity index (χ4n) is 3.83. The number of methoxy groups -OCH3 is 2. The molecule has 1 fully saturated rings. The van der Waals surface area contributed by atoms with Gasteiger partial charge in [0, 0.05) is 23.0 Å². The first-order chi connectivity index (χ1) is 14.0. The highest BCUT2D eigenvalue weighted by atomic mass is 35.5. The van der Waals surface area contributed by atoms with Crippen LogP contribution in [0.3, 0.4) is 0 Å². The predicted octanol–water partition coefficient (Wildman–Crippen LogP) is 4.45. The number of carbonyl (C=O) groups excluding carboxylic acids is 1. The maximum Gasteiger partial charge on any atom is 0.223 e. The van der Waals surface area contributed by atoms with Crippen LogP contribution in [0.5, 0.6) is 11.5 Å². The lowest BCUT2D eigenvalue weighted by Crippen LogP contribution is -2.40. The van der Waals surface area contributed by atoms with Crippen molar-refractivity contribution in [2.45, 2.75) is 32.4 Å². The van der Waals surface area contributed by atoms with Crippen molar-refractivity contribution >= 4 is 17.5 Å². The Labute approximate surface area is 177 Å². The van der Waals surface area contributed by atoms with Gasteiger partial charge in [-0.3, -0.25) is 9.69 Å². The first kappa shape index (κ1) is 21.5. The van der Waals surface area contributed by atoms with Gasteiger partial charge in [0.1, 0.15) is 11.5 Å². The summed E-state index contributed by atoms with van der Waals surface area (Å²) in [6.07, 6.45) is 1.71. The molecule has 1 aliphatic rings. The largest absolute Gasteiger partial charge is 0.497 e. The molecule has 1 saturated heterocycles. The van der Waals surface area contributed by atoms with Crippen molar-refractivity contribution in [1.29, 1.82) is 0 Å². The minimum absolute atomic E-state index is 0.0321. The summed E-state index contributed by atoms with van der Waals surface area (Å²) in [7, 11) is 3.27. The number of nitrogens with zero attached hydrogens (tertiary/aromatic N) is 1. The number of carbonyl (C=O) groups is 1. The quantitative estimate of drug-likeness (QED) is 0.724. The first-order valence-corrected chi connectivity index (χ1v) is 10.4. The van der Waals surface area contributed by atoms with E-state index in [2.05, 4.69) is 16.3 Å². The molecule has 0 radical (unpaired) electrons. The predicted molar refractivity (Wildman–Crippen MR) is 116 cm³/mol. The van der Waals surface area contributed by atoms with E-state index in [1.54, 1.807) is 14.2 Å². The van der Waals surface area contributed by atoms with Gasteiger partial charge in [-0.2, -0.15) is 0 Å². The Morgan fingerprint density at radius 3 is 2.59 bits per heavy atom. The van der Waals surface area contributed by atoms with E-state index in [1.165, 1.54) is 5.56 Å². The molecule has 1 heterocycles. The van der Waals surface area contributed by atoms with Crippen LogP contribution in [-0.4, -0.2) is 38.1 Å². The number of hydrogen-bond acceptors (Lipinski definition) is 4. The number of piperidine rings is 1. The van der Waals surface area contributed by atoms with Gasteiger partial charge in [-0.15, -0.1) is 0 Å². The number of rotatable bonds is 7. The minimum Gasteiger partial charge on any atom is -0.497 e. The van der Waals surface area contributed by atoms with Gasteiger partial charge in [0.15, 0.2) is 0 Å². The number of nitrogens with one attached hydrogen (secondary N) is 1. The highest BCUT2D eigenvalue weighted by Gasteiger charge is 2.26. The summed E-state index contributed by atoms with van der Waals surface area (Å²) in [6.45, 7) is 4.65. The third kappa shape index (κ3) is 5.64. The molecular weight excluding hydrogens is 388 g/mol. The van der Waals surface area contributed by atoms with Crippen LogP contribution >= 0.6 is 11.6 Å². The molecule has 1 atom stereocenters. The molecule has 0 aromatic heterocycles. The van der Waals surface area contributed by atoms with Crippen LogP contribution in [0.25, 0.3) is 0 Å². The average molecular weight is 417 g/mol. The zero-order valence-corrected chi connectivity index (χ0v) is 18.0. The van der Waals surface area contributed by atoms with Crippen LogP contribution in [0.4, 0.5) is 0 Å². The van der Waals surface area contributed by atoms with E-state index >= 15 is 0 Å². The molecule has 3 rings (SSSR count). The summed E-state index contributed by atoms with van der Waals surface area (Å²) < 4.78 is 10.8. The molecule has 0 bridgehead atoms. The number of ether oxygens (including phenoxy) is 2. The summed E-state index contributed by atoms with van der Waals surface area (Å²) in [4.78, 5) is 15.2. The van der Waals surface area contributed by atoms with E-state index in [4.69, 9.17) is 21.1 Å². The molecule has 1 amide bonds. The molecule has 1 aliphatic heterocycles. The Hall–Kier alpha value is -2.24. The van der Waals surface area contributed by atoms with Crippen molar-refractivity contribution in [2.24, 2.45) is 5.92 Å². The molecule has 0 unspecified atom stereocenters. The van der Waals surface area contributed by atoms with E-state index < -0.39 is 0 Å². The Morgan fingerprint density at radius 2 is 1.93 bits per heavy atom. The average Bonchev–Trinajstić information content (AvgIpc) is 2.73. The molecule has 29 heavy (non-hydrogen) atoms. The molecular formula is C23H29ClN2O3. The molecule has 6 heteroatoms. The van der Waals surface area contributed by atoms with Crippen LogP contribution in [0.1, 0.15) is 36.9 Å². The molecule has 0 spiro atoms. The molecule has 0 aliphatic carbocycles. The molecule has 1 N–H and O–H groups in total. The van der Waals surface area contributed by atoms with Crippen LogP contribution in [0.15, 0.2) is 42.5 Å². The lowest BCUT2D eigenvalue weighted by atomic mass is 9.94. The van der Waals surface area contributed by atoms with Gasteiger partial charge in [0.25, 0.3) is 0 Å². The Morgan fingerprint density at radius 1 is 1.17 bits per heavy atom. The number of amides is 1. The molecule has 2 aromatic rings. The molecule has 156 valence electrons. The lowest BCUT2D eigenvalue weighted by Gasteiger charge is -2.32. The normalized spacial score (nSPS) is 16.3. The Kier molecular flexibility index (Phi) is 7.40. The molecule has 2 aromatic carbocycles. The monoisotopic (exact) mass is 416 g/mol. The van der Waals surface area contributed by atoms with E-state index in [0.29, 0.717) is 0 Å². The smallest absolute Gasteiger partial charge is 0.223 e. The van der Waals surface area contributed by atoms with Crippen LogP contribution in [0, 0.1) is 5.92 Å². The van der Waals surface area contributed by atoms with Crippen LogP contribution < -0.4 is 14.8 Å². The number of hydrogen-bond donors (Lipinski definition) is 1. The molecule has 0 saturated carbocycles. The second-order valence-corrected chi connectivity index (χ2v) is 7.95. The van der Waals surface area contributed by atoms with E-state index in [-0.39, 0.29) is 17.9 Å². The van der Waals surface area contributed by atoms with Gasteiger partial charge in [-0.05, 0) is 68.8 Å². The minimum atomic E-state index is -0.156. The van der Waals surface area contributed by atoms with Crippen molar-refractivity contribution in [2.75, 3.05) is 27.3 Å². The highest BCUT2D eigenvalue weighted by Crippen LogP contribution is 2.30. The summed E-state index contributed by atoms with van der Waals surface area (Å²) in [5.41, 5.74) is 2.12. The van der Waals surface area contributed by atoms with Crippen molar-refractivity contribution in [3.8, 4) is 11.5 Å². The topological polar surface area (TPSA) is 50.8 Å². The Balaban J connectivity index is 1.54. The zero-order valence-electron chi connectivity index (χ0n) is 17.3. The second kappa shape index (κ2) is 9.99. The maximum absolute atomic E-state index is 12.8.